The molecule has 0 spiro atoms. The molecule has 4 N–H and O–H groups in total. The SMILES string of the molecule is C[C@@]12CC[C@@](C(=O)O)(O1)[C@](O)(C(=O)O)[C@@H](CO)O2. The third-order valence-electron chi connectivity index (χ3n) is 3.63. The number of ether oxygens (including phenoxy) is 2. The number of carbonyl (C=O) groups is 2. The van der Waals surface area contributed by atoms with Gasteiger partial charge in [0.15, 0.2) is 5.79 Å². The minimum Gasteiger partial charge on any atom is -0.479 e. The molecule has 0 aliphatic carbocycles. The molecule has 4 atom stereocenters. The molecule has 8 nitrogen and oxygen atoms in total. The van der Waals surface area contributed by atoms with Crippen molar-refractivity contribution in [1.82, 2.24) is 0 Å². The molecule has 0 radical (unpaired) electrons. The van der Waals surface area contributed by atoms with E-state index in [9.17, 15) is 19.8 Å². The Kier molecular flexibility index (Phi) is 2.67. The Bertz CT molecular complexity index is 395. The van der Waals surface area contributed by atoms with E-state index in [0.29, 0.717) is 0 Å². The highest BCUT2D eigenvalue weighted by Crippen LogP contribution is 2.52. The molecular weight excluding hydrogens is 248 g/mol. The molecule has 2 saturated heterocycles. The molecule has 2 aliphatic rings. The lowest BCUT2D eigenvalue weighted by Crippen LogP contribution is -2.74. The van der Waals surface area contributed by atoms with E-state index in [4.69, 9.17) is 19.7 Å². The Morgan fingerprint density at radius 1 is 1.28 bits per heavy atom. The van der Waals surface area contributed by atoms with Gasteiger partial charge in [-0.2, -0.15) is 0 Å². The molecule has 2 heterocycles. The summed E-state index contributed by atoms with van der Waals surface area (Å²) in [5, 5.41) is 37.8. The molecule has 0 aromatic rings. The largest absolute Gasteiger partial charge is 0.479 e. The van der Waals surface area contributed by atoms with Gasteiger partial charge in [0.2, 0.25) is 11.2 Å². The maximum atomic E-state index is 11.4. The Morgan fingerprint density at radius 3 is 2.33 bits per heavy atom. The van der Waals surface area contributed by atoms with Crippen LogP contribution in [0.25, 0.3) is 0 Å². The van der Waals surface area contributed by atoms with Crippen molar-refractivity contribution in [2.45, 2.75) is 42.9 Å². The lowest BCUT2D eigenvalue weighted by molar-refractivity contribution is -0.363. The summed E-state index contributed by atoms with van der Waals surface area (Å²) < 4.78 is 10.4. The van der Waals surface area contributed by atoms with Gasteiger partial charge in [0.1, 0.15) is 6.10 Å². The zero-order chi connectivity index (χ0) is 13.8. The van der Waals surface area contributed by atoms with E-state index >= 15 is 0 Å². The molecule has 102 valence electrons. The van der Waals surface area contributed by atoms with Gasteiger partial charge in [0, 0.05) is 6.42 Å². The fourth-order valence-corrected chi connectivity index (χ4v) is 2.66. The van der Waals surface area contributed by atoms with Crippen LogP contribution in [0.5, 0.6) is 0 Å². The molecule has 18 heavy (non-hydrogen) atoms. The number of carboxylic acids is 2. The average Bonchev–Trinajstić information content (AvgIpc) is 2.60. The lowest BCUT2D eigenvalue weighted by Gasteiger charge is -2.48. The molecule has 2 aliphatic heterocycles. The van der Waals surface area contributed by atoms with Crippen molar-refractivity contribution in [2.75, 3.05) is 6.61 Å². The smallest absolute Gasteiger partial charge is 0.342 e. The van der Waals surface area contributed by atoms with Crippen LogP contribution in [-0.2, 0) is 19.1 Å². The van der Waals surface area contributed by atoms with Crippen LogP contribution in [0.1, 0.15) is 19.8 Å². The molecule has 2 fully saturated rings. The second-order valence-electron chi connectivity index (χ2n) is 4.73. The summed E-state index contributed by atoms with van der Waals surface area (Å²) in [6.07, 6.45) is -1.66. The summed E-state index contributed by atoms with van der Waals surface area (Å²) in [5.74, 6) is -4.70. The van der Waals surface area contributed by atoms with Gasteiger partial charge in [-0.3, -0.25) is 0 Å². The van der Waals surface area contributed by atoms with Crippen LogP contribution >= 0.6 is 0 Å². The van der Waals surface area contributed by atoms with Gasteiger partial charge in [0.25, 0.3) is 0 Å². The van der Waals surface area contributed by atoms with E-state index in [-0.39, 0.29) is 12.8 Å². The molecule has 8 heteroatoms. The normalized spacial score (nSPS) is 46.9. The van der Waals surface area contributed by atoms with Crippen LogP contribution in [0.2, 0.25) is 0 Å². The van der Waals surface area contributed by atoms with Gasteiger partial charge in [-0.05, 0) is 13.3 Å². The van der Waals surface area contributed by atoms with Gasteiger partial charge < -0.3 is 29.9 Å². The summed E-state index contributed by atoms with van der Waals surface area (Å²) in [6.45, 7) is 0.624. The first-order chi connectivity index (χ1) is 8.22. The monoisotopic (exact) mass is 262 g/mol. The van der Waals surface area contributed by atoms with E-state index in [2.05, 4.69) is 0 Å². The maximum Gasteiger partial charge on any atom is 0.342 e. The second-order valence-corrected chi connectivity index (χ2v) is 4.73. The number of rotatable bonds is 3. The highest BCUT2D eigenvalue weighted by molar-refractivity contribution is 5.92. The number of aliphatic hydroxyl groups excluding tert-OH is 1. The van der Waals surface area contributed by atoms with Gasteiger partial charge in [-0.25, -0.2) is 9.59 Å². The van der Waals surface area contributed by atoms with Crippen molar-refractivity contribution < 1.29 is 39.5 Å². The standard InChI is InChI=1S/C10H14O8/c1-8-2-3-9(18-8,6(12)13)10(16,7(14)15)5(4-11)17-8/h5,11,16H,2-4H2,1H3,(H,12,13)(H,14,15)/t5-,8+,9+,10-/m1/s1. The third-order valence-corrected chi connectivity index (χ3v) is 3.63. The predicted octanol–water partition coefficient (Wildman–Crippen LogP) is -1.46. The molecule has 0 aromatic heterocycles. The molecule has 0 aromatic carbocycles. The van der Waals surface area contributed by atoms with E-state index in [0.717, 1.165) is 0 Å². The minimum absolute atomic E-state index is 0.116. The van der Waals surface area contributed by atoms with Crippen molar-refractivity contribution in [1.29, 1.82) is 0 Å². The zero-order valence-corrected chi connectivity index (χ0v) is 9.62. The summed E-state index contributed by atoms with van der Waals surface area (Å²) in [6, 6.07) is 0. The first-order valence-electron chi connectivity index (χ1n) is 5.40. The van der Waals surface area contributed by atoms with Crippen molar-refractivity contribution in [3.63, 3.8) is 0 Å². The van der Waals surface area contributed by atoms with Crippen molar-refractivity contribution in [3.8, 4) is 0 Å². The van der Waals surface area contributed by atoms with Gasteiger partial charge >= 0.3 is 11.9 Å². The number of hydrogen-bond donors (Lipinski definition) is 4. The summed E-state index contributed by atoms with van der Waals surface area (Å²) in [7, 11) is 0. The van der Waals surface area contributed by atoms with Crippen LogP contribution in [-0.4, -0.2) is 62.1 Å². The molecule has 2 rings (SSSR count). The number of carboxylic acid groups (broad SMARTS) is 2. The highest BCUT2D eigenvalue weighted by atomic mass is 16.8. The Morgan fingerprint density at radius 2 is 1.89 bits per heavy atom. The third kappa shape index (κ3) is 1.34. The number of aliphatic hydroxyl groups is 2. The van der Waals surface area contributed by atoms with Gasteiger partial charge in [0.05, 0.1) is 6.61 Å². The van der Waals surface area contributed by atoms with E-state index < -0.39 is 41.6 Å². The zero-order valence-electron chi connectivity index (χ0n) is 9.62. The predicted molar refractivity (Wildman–Crippen MR) is 53.6 cm³/mol. The van der Waals surface area contributed by atoms with Gasteiger partial charge in [-0.1, -0.05) is 0 Å². The van der Waals surface area contributed by atoms with Crippen LogP contribution < -0.4 is 0 Å². The summed E-state index contributed by atoms with van der Waals surface area (Å²) in [5.41, 5.74) is -5.14. The minimum atomic E-state index is -2.83. The topological polar surface area (TPSA) is 134 Å². The quantitative estimate of drug-likeness (QED) is 0.485. The first kappa shape index (κ1) is 13.2. The molecular formula is C10H14O8. The molecule has 2 bridgehead atoms. The van der Waals surface area contributed by atoms with Crippen LogP contribution in [0, 0.1) is 0 Å². The van der Waals surface area contributed by atoms with E-state index in [1.54, 1.807) is 0 Å². The fraction of sp³-hybridized carbons (Fsp3) is 0.800. The van der Waals surface area contributed by atoms with Crippen molar-refractivity contribution in [3.05, 3.63) is 0 Å². The van der Waals surface area contributed by atoms with E-state index in [1.165, 1.54) is 6.92 Å². The molecule has 0 saturated carbocycles. The maximum absolute atomic E-state index is 11.4. The Balaban J connectivity index is 2.59. The number of hydrogen-bond acceptors (Lipinski definition) is 6. The number of aliphatic carboxylic acids is 2. The van der Waals surface area contributed by atoms with Crippen LogP contribution in [0.3, 0.4) is 0 Å². The Hall–Kier alpha value is -1.22. The lowest BCUT2D eigenvalue weighted by atomic mass is 9.76. The fourth-order valence-electron chi connectivity index (χ4n) is 2.66. The second kappa shape index (κ2) is 3.64. The van der Waals surface area contributed by atoms with Crippen LogP contribution in [0.15, 0.2) is 0 Å². The van der Waals surface area contributed by atoms with E-state index in [1.807, 2.05) is 0 Å². The highest BCUT2D eigenvalue weighted by Gasteiger charge is 2.75. The van der Waals surface area contributed by atoms with Crippen molar-refractivity contribution >= 4 is 11.9 Å². The summed E-state index contributed by atoms with van der Waals surface area (Å²) in [4.78, 5) is 22.6. The van der Waals surface area contributed by atoms with Crippen LogP contribution in [0.4, 0.5) is 0 Å². The van der Waals surface area contributed by atoms with Gasteiger partial charge in [-0.15, -0.1) is 0 Å². The Labute approximate surface area is 102 Å². The number of fused-ring (bicyclic) bond motifs is 2. The molecule has 0 amide bonds. The first-order valence-corrected chi connectivity index (χ1v) is 5.40. The molecule has 0 unspecified atom stereocenters. The average molecular weight is 262 g/mol. The van der Waals surface area contributed by atoms with Crippen molar-refractivity contribution in [2.24, 2.45) is 0 Å². The summed E-state index contributed by atoms with van der Waals surface area (Å²) >= 11 is 0.